The molecule has 1 atom stereocenters. The van der Waals surface area contributed by atoms with Gasteiger partial charge in [0.2, 0.25) is 5.91 Å². The van der Waals surface area contributed by atoms with Crippen molar-refractivity contribution in [3.8, 4) is 0 Å². The molecule has 13 heavy (non-hydrogen) atoms. The summed E-state index contributed by atoms with van der Waals surface area (Å²) in [5.74, 6) is 0.896. The molecule has 2 aliphatic carbocycles. The predicted molar refractivity (Wildman–Crippen MR) is 51.1 cm³/mol. The van der Waals surface area contributed by atoms with Gasteiger partial charge in [0.15, 0.2) is 0 Å². The van der Waals surface area contributed by atoms with Crippen LogP contribution in [0.25, 0.3) is 0 Å². The van der Waals surface area contributed by atoms with Crippen molar-refractivity contribution in [2.45, 2.75) is 38.6 Å². The molecule has 3 heteroatoms. The van der Waals surface area contributed by atoms with Crippen LogP contribution in [0, 0.1) is 11.3 Å². The Bertz CT molecular complexity index is 217. The molecule has 0 saturated heterocycles. The van der Waals surface area contributed by atoms with Crippen molar-refractivity contribution in [1.82, 2.24) is 5.32 Å². The lowest BCUT2D eigenvalue weighted by Gasteiger charge is -2.15. The van der Waals surface area contributed by atoms with E-state index in [9.17, 15) is 4.79 Å². The first-order chi connectivity index (χ1) is 6.14. The van der Waals surface area contributed by atoms with Gasteiger partial charge in [0.25, 0.3) is 0 Å². The molecule has 2 saturated carbocycles. The van der Waals surface area contributed by atoms with E-state index >= 15 is 0 Å². The molecule has 1 amide bonds. The minimum atomic E-state index is -0.366. The maximum atomic E-state index is 11.2. The molecule has 0 bridgehead atoms. The Hall–Kier alpha value is -0.570. The van der Waals surface area contributed by atoms with E-state index in [1.54, 1.807) is 6.92 Å². The summed E-state index contributed by atoms with van der Waals surface area (Å²) < 4.78 is 0. The van der Waals surface area contributed by atoms with Gasteiger partial charge >= 0.3 is 0 Å². The quantitative estimate of drug-likeness (QED) is 0.670. The fraction of sp³-hybridized carbons (Fsp3) is 0.900. The largest absolute Gasteiger partial charge is 0.354 e. The van der Waals surface area contributed by atoms with Gasteiger partial charge in [-0.25, -0.2) is 0 Å². The van der Waals surface area contributed by atoms with Crippen LogP contribution in [-0.2, 0) is 4.79 Å². The molecular weight excluding hydrogens is 164 g/mol. The van der Waals surface area contributed by atoms with Crippen molar-refractivity contribution in [2.75, 3.05) is 6.54 Å². The molecular formula is C10H18N2O. The van der Waals surface area contributed by atoms with Gasteiger partial charge in [0.1, 0.15) is 0 Å². The molecule has 2 aliphatic rings. The SMILES string of the molecule is CC(N)C(=O)NCC1(C2CC2)CC1. The summed E-state index contributed by atoms with van der Waals surface area (Å²) in [7, 11) is 0. The normalized spacial score (nSPS) is 26.6. The lowest BCUT2D eigenvalue weighted by atomic mass is 10.0. The molecule has 0 aromatic carbocycles. The number of amides is 1. The van der Waals surface area contributed by atoms with Crippen molar-refractivity contribution in [2.24, 2.45) is 17.1 Å². The molecule has 2 fully saturated rings. The number of hydrogen-bond donors (Lipinski definition) is 2. The Kier molecular flexibility index (Phi) is 2.06. The van der Waals surface area contributed by atoms with Crippen LogP contribution in [0.1, 0.15) is 32.6 Å². The third kappa shape index (κ3) is 1.85. The second-order valence-corrected chi connectivity index (χ2v) is 4.64. The topological polar surface area (TPSA) is 55.1 Å². The van der Waals surface area contributed by atoms with E-state index in [0.717, 1.165) is 12.5 Å². The molecule has 1 unspecified atom stereocenters. The molecule has 0 aromatic rings. The lowest BCUT2D eigenvalue weighted by molar-refractivity contribution is -0.122. The zero-order valence-electron chi connectivity index (χ0n) is 8.18. The number of hydrogen-bond acceptors (Lipinski definition) is 2. The Morgan fingerprint density at radius 3 is 2.62 bits per heavy atom. The van der Waals surface area contributed by atoms with Gasteiger partial charge in [0, 0.05) is 6.54 Å². The lowest BCUT2D eigenvalue weighted by Crippen LogP contribution is -2.41. The average Bonchev–Trinajstić information content (AvgIpc) is 2.90. The van der Waals surface area contributed by atoms with E-state index in [1.807, 2.05) is 0 Å². The number of nitrogens with two attached hydrogens (primary N) is 1. The Balaban J connectivity index is 1.76. The van der Waals surface area contributed by atoms with E-state index in [2.05, 4.69) is 5.32 Å². The molecule has 0 aliphatic heterocycles. The maximum Gasteiger partial charge on any atom is 0.236 e. The van der Waals surface area contributed by atoms with E-state index in [4.69, 9.17) is 5.73 Å². The molecule has 2 rings (SSSR count). The second kappa shape index (κ2) is 2.98. The summed E-state index contributed by atoms with van der Waals surface area (Å²) in [6, 6.07) is -0.366. The first-order valence-corrected chi connectivity index (χ1v) is 5.17. The highest BCUT2D eigenvalue weighted by atomic mass is 16.2. The highest BCUT2D eigenvalue weighted by Crippen LogP contribution is 2.60. The van der Waals surface area contributed by atoms with Crippen LogP contribution < -0.4 is 11.1 Å². The minimum absolute atomic E-state index is 0.00748. The number of carbonyl (C=O) groups excluding carboxylic acids is 1. The van der Waals surface area contributed by atoms with Gasteiger partial charge < -0.3 is 11.1 Å². The Morgan fingerprint density at radius 1 is 1.62 bits per heavy atom. The van der Waals surface area contributed by atoms with Gasteiger partial charge in [-0.3, -0.25) is 4.79 Å². The number of carbonyl (C=O) groups is 1. The van der Waals surface area contributed by atoms with Gasteiger partial charge in [0.05, 0.1) is 6.04 Å². The maximum absolute atomic E-state index is 11.2. The summed E-state index contributed by atoms with van der Waals surface area (Å²) in [5, 5.41) is 2.94. The predicted octanol–water partition coefficient (Wildman–Crippen LogP) is 0.640. The minimum Gasteiger partial charge on any atom is -0.354 e. The van der Waals surface area contributed by atoms with Gasteiger partial charge in [-0.05, 0) is 43.9 Å². The van der Waals surface area contributed by atoms with Gasteiger partial charge in [-0.1, -0.05) is 0 Å². The summed E-state index contributed by atoms with van der Waals surface area (Å²) >= 11 is 0. The summed E-state index contributed by atoms with van der Waals surface area (Å²) in [4.78, 5) is 11.2. The van der Waals surface area contributed by atoms with Crippen LogP contribution in [0.15, 0.2) is 0 Å². The molecule has 0 spiro atoms. The summed E-state index contributed by atoms with van der Waals surface area (Å²) in [6.07, 6.45) is 5.34. The van der Waals surface area contributed by atoms with Crippen molar-refractivity contribution in [3.05, 3.63) is 0 Å². The summed E-state index contributed by atoms with van der Waals surface area (Å²) in [5.41, 5.74) is 5.96. The third-order valence-corrected chi connectivity index (χ3v) is 3.36. The van der Waals surface area contributed by atoms with Crippen LogP contribution in [0.4, 0.5) is 0 Å². The highest BCUT2D eigenvalue weighted by Gasteiger charge is 2.53. The van der Waals surface area contributed by atoms with Crippen molar-refractivity contribution in [1.29, 1.82) is 0 Å². The van der Waals surface area contributed by atoms with E-state index in [0.29, 0.717) is 5.41 Å². The van der Waals surface area contributed by atoms with Crippen LogP contribution in [0.2, 0.25) is 0 Å². The average molecular weight is 182 g/mol. The van der Waals surface area contributed by atoms with Crippen molar-refractivity contribution >= 4 is 5.91 Å². The smallest absolute Gasteiger partial charge is 0.236 e. The first kappa shape index (κ1) is 9.00. The molecule has 0 radical (unpaired) electrons. The van der Waals surface area contributed by atoms with Gasteiger partial charge in [-0.2, -0.15) is 0 Å². The molecule has 0 aromatic heterocycles. The number of nitrogens with one attached hydrogen (secondary N) is 1. The molecule has 74 valence electrons. The van der Waals surface area contributed by atoms with Crippen molar-refractivity contribution in [3.63, 3.8) is 0 Å². The standard InChI is InChI=1S/C10H18N2O/c1-7(11)9(13)12-6-10(4-5-10)8-2-3-8/h7-8H,2-6,11H2,1H3,(H,12,13). The van der Waals surface area contributed by atoms with Crippen LogP contribution in [-0.4, -0.2) is 18.5 Å². The Morgan fingerprint density at radius 2 is 2.23 bits per heavy atom. The van der Waals surface area contributed by atoms with Crippen LogP contribution >= 0.6 is 0 Å². The van der Waals surface area contributed by atoms with E-state index < -0.39 is 0 Å². The molecule has 3 nitrogen and oxygen atoms in total. The second-order valence-electron chi connectivity index (χ2n) is 4.64. The van der Waals surface area contributed by atoms with Crippen molar-refractivity contribution < 1.29 is 4.79 Å². The van der Waals surface area contributed by atoms with Crippen LogP contribution in [0.5, 0.6) is 0 Å². The highest BCUT2D eigenvalue weighted by molar-refractivity contribution is 5.81. The summed E-state index contributed by atoms with van der Waals surface area (Å²) in [6.45, 7) is 2.59. The first-order valence-electron chi connectivity index (χ1n) is 5.17. The third-order valence-electron chi connectivity index (χ3n) is 3.36. The van der Waals surface area contributed by atoms with E-state index in [1.165, 1.54) is 25.7 Å². The Labute approximate surface area is 79.1 Å². The fourth-order valence-corrected chi connectivity index (χ4v) is 2.01. The fourth-order valence-electron chi connectivity index (χ4n) is 2.01. The monoisotopic (exact) mass is 182 g/mol. The molecule has 0 heterocycles. The zero-order chi connectivity index (χ0) is 9.47. The van der Waals surface area contributed by atoms with Gasteiger partial charge in [-0.15, -0.1) is 0 Å². The van der Waals surface area contributed by atoms with E-state index in [-0.39, 0.29) is 11.9 Å². The zero-order valence-corrected chi connectivity index (χ0v) is 8.18. The van der Waals surface area contributed by atoms with Crippen LogP contribution in [0.3, 0.4) is 0 Å². The molecule has 3 N–H and O–H groups in total. The number of rotatable bonds is 4.